The summed E-state index contributed by atoms with van der Waals surface area (Å²) in [5.74, 6) is -0.201. The number of thiophene rings is 1. The van der Waals surface area contributed by atoms with E-state index in [4.69, 9.17) is 4.84 Å². The van der Waals surface area contributed by atoms with Crippen molar-refractivity contribution in [3.63, 3.8) is 0 Å². The molecule has 24 heavy (non-hydrogen) atoms. The normalized spacial score (nSPS) is 11.7. The van der Waals surface area contributed by atoms with Gasteiger partial charge in [0.25, 0.3) is 15.9 Å². The predicted molar refractivity (Wildman–Crippen MR) is 94.8 cm³/mol. The average Bonchev–Trinajstić information content (AvgIpc) is 2.95. The molecule has 130 valence electrons. The minimum absolute atomic E-state index is 0.0880. The maximum Gasteiger partial charge on any atom is 0.265 e. The van der Waals surface area contributed by atoms with Crippen LogP contribution in [-0.4, -0.2) is 33.0 Å². The third-order valence-electron chi connectivity index (χ3n) is 3.63. The minimum Gasteiger partial charge on any atom is -0.321 e. The van der Waals surface area contributed by atoms with Crippen LogP contribution in [0.25, 0.3) is 0 Å². The van der Waals surface area contributed by atoms with Gasteiger partial charge in [0.15, 0.2) is 0 Å². The molecule has 0 aliphatic carbocycles. The molecule has 6 nitrogen and oxygen atoms in total. The fraction of sp³-hybridized carbons (Fsp3) is 0.312. The Kier molecular flexibility index (Phi) is 5.76. The van der Waals surface area contributed by atoms with Crippen LogP contribution in [0.2, 0.25) is 0 Å². The molecule has 0 fully saturated rings. The Morgan fingerprint density at radius 1 is 1.29 bits per heavy atom. The second kappa shape index (κ2) is 7.43. The number of carbonyl (C=O) groups excluding carboxylic acids is 1. The van der Waals surface area contributed by atoms with E-state index < -0.39 is 10.0 Å². The second-order valence-electron chi connectivity index (χ2n) is 5.12. The number of amides is 1. The van der Waals surface area contributed by atoms with Gasteiger partial charge in [0.1, 0.15) is 0 Å². The number of rotatable bonds is 6. The van der Waals surface area contributed by atoms with Gasteiger partial charge in [-0.15, -0.1) is 11.3 Å². The van der Waals surface area contributed by atoms with E-state index in [-0.39, 0.29) is 10.8 Å². The maximum atomic E-state index is 12.3. The van der Waals surface area contributed by atoms with Crippen molar-refractivity contribution in [1.82, 2.24) is 4.47 Å². The first-order valence-electron chi connectivity index (χ1n) is 7.33. The maximum absolute atomic E-state index is 12.3. The van der Waals surface area contributed by atoms with Gasteiger partial charge in [0.2, 0.25) is 0 Å². The first kappa shape index (κ1) is 18.6. The fourth-order valence-corrected chi connectivity index (χ4v) is 4.11. The van der Waals surface area contributed by atoms with Crippen LogP contribution in [0, 0.1) is 6.92 Å². The lowest BCUT2D eigenvalue weighted by molar-refractivity contribution is -0.0258. The number of aryl methyl sites for hydroxylation is 2. The standard InChI is InChI=1S/C16H20N2O4S2/c1-5-12-10-15(23-11(12)2)16(19)17-13-6-8-14(9-7-13)24(20,21)18(3)22-4/h6-10H,5H2,1-4H3,(H,17,19). The van der Waals surface area contributed by atoms with Gasteiger partial charge in [-0.2, -0.15) is 0 Å². The van der Waals surface area contributed by atoms with Gasteiger partial charge in [-0.3, -0.25) is 9.63 Å². The molecule has 0 aliphatic heterocycles. The Balaban J connectivity index is 2.15. The summed E-state index contributed by atoms with van der Waals surface area (Å²) in [6, 6.07) is 7.85. The monoisotopic (exact) mass is 368 g/mol. The SMILES string of the molecule is CCc1cc(C(=O)Nc2ccc(S(=O)(=O)N(C)OC)cc2)sc1C. The van der Waals surface area contributed by atoms with Gasteiger partial charge in [-0.25, -0.2) is 8.42 Å². The van der Waals surface area contributed by atoms with Crippen LogP contribution in [0.4, 0.5) is 5.69 Å². The quantitative estimate of drug-likeness (QED) is 0.795. The molecule has 1 aromatic heterocycles. The highest BCUT2D eigenvalue weighted by molar-refractivity contribution is 7.89. The molecule has 8 heteroatoms. The van der Waals surface area contributed by atoms with E-state index in [0.29, 0.717) is 10.6 Å². The Hall–Kier alpha value is -1.74. The fourth-order valence-electron chi connectivity index (χ4n) is 2.13. The number of hydroxylamine groups is 1. The summed E-state index contributed by atoms with van der Waals surface area (Å²) in [5, 5.41) is 2.78. The summed E-state index contributed by atoms with van der Waals surface area (Å²) >= 11 is 1.45. The zero-order valence-electron chi connectivity index (χ0n) is 14.0. The first-order valence-corrected chi connectivity index (χ1v) is 9.59. The molecule has 0 unspecified atom stereocenters. The van der Waals surface area contributed by atoms with Crippen molar-refractivity contribution in [3.05, 3.63) is 45.6 Å². The third kappa shape index (κ3) is 3.84. The van der Waals surface area contributed by atoms with Crippen molar-refractivity contribution >= 4 is 33.0 Å². The number of anilines is 1. The molecule has 1 amide bonds. The van der Waals surface area contributed by atoms with Crippen LogP contribution >= 0.6 is 11.3 Å². The molecular weight excluding hydrogens is 348 g/mol. The Morgan fingerprint density at radius 2 is 1.92 bits per heavy atom. The van der Waals surface area contributed by atoms with Crippen LogP contribution in [0.15, 0.2) is 35.2 Å². The lowest BCUT2D eigenvalue weighted by atomic mass is 10.2. The van der Waals surface area contributed by atoms with E-state index in [9.17, 15) is 13.2 Å². The summed E-state index contributed by atoms with van der Waals surface area (Å²) < 4.78 is 25.0. The molecular formula is C16H20N2O4S2. The van der Waals surface area contributed by atoms with Crippen LogP contribution < -0.4 is 5.32 Å². The Bertz CT molecular complexity index is 826. The van der Waals surface area contributed by atoms with Crippen molar-refractivity contribution in [1.29, 1.82) is 0 Å². The highest BCUT2D eigenvalue weighted by Crippen LogP contribution is 2.23. The van der Waals surface area contributed by atoms with E-state index in [1.165, 1.54) is 37.6 Å². The lowest BCUT2D eigenvalue weighted by Gasteiger charge is -2.14. The molecule has 0 aliphatic rings. The molecule has 0 bridgehead atoms. The number of hydrogen-bond donors (Lipinski definition) is 1. The molecule has 2 aromatic rings. The molecule has 1 N–H and O–H groups in total. The summed E-state index contributed by atoms with van der Waals surface area (Å²) in [7, 11) is -1.10. The molecule has 0 saturated carbocycles. The van der Waals surface area contributed by atoms with Gasteiger partial charge in [-0.1, -0.05) is 11.4 Å². The zero-order valence-corrected chi connectivity index (χ0v) is 15.6. The number of carbonyl (C=O) groups is 1. The molecule has 1 heterocycles. The van der Waals surface area contributed by atoms with Crippen molar-refractivity contribution < 1.29 is 18.0 Å². The Morgan fingerprint density at radius 3 is 2.42 bits per heavy atom. The van der Waals surface area contributed by atoms with Gasteiger partial charge in [0.05, 0.1) is 16.9 Å². The van der Waals surface area contributed by atoms with Crippen LogP contribution in [-0.2, 0) is 21.3 Å². The summed E-state index contributed by atoms with van der Waals surface area (Å²) in [6.07, 6.45) is 0.884. The topological polar surface area (TPSA) is 75.7 Å². The van der Waals surface area contributed by atoms with Gasteiger partial charge in [-0.05, 0) is 49.2 Å². The van der Waals surface area contributed by atoms with E-state index in [0.717, 1.165) is 21.3 Å². The molecule has 0 atom stereocenters. The molecule has 0 saturated heterocycles. The third-order valence-corrected chi connectivity index (χ3v) is 6.42. The lowest BCUT2D eigenvalue weighted by Crippen LogP contribution is -2.25. The van der Waals surface area contributed by atoms with Crippen molar-refractivity contribution in [3.8, 4) is 0 Å². The number of benzene rings is 1. The van der Waals surface area contributed by atoms with Crippen molar-refractivity contribution in [2.24, 2.45) is 0 Å². The summed E-state index contributed by atoms with van der Waals surface area (Å²) in [6.45, 7) is 4.04. The first-order chi connectivity index (χ1) is 11.3. The van der Waals surface area contributed by atoms with Gasteiger partial charge >= 0.3 is 0 Å². The van der Waals surface area contributed by atoms with Crippen molar-refractivity contribution in [2.45, 2.75) is 25.2 Å². The molecule has 0 radical (unpaired) electrons. The number of nitrogens with one attached hydrogen (secondary N) is 1. The van der Waals surface area contributed by atoms with Crippen LogP contribution in [0.3, 0.4) is 0 Å². The van der Waals surface area contributed by atoms with E-state index in [2.05, 4.69) is 5.32 Å². The van der Waals surface area contributed by atoms with E-state index in [1.807, 2.05) is 19.9 Å². The smallest absolute Gasteiger partial charge is 0.265 e. The highest BCUT2D eigenvalue weighted by Gasteiger charge is 2.20. The molecule has 2 rings (SSSR count). The number of nitrogens with zero attached hydrogens (tertiary/aromatic N) is 1. The average molecular weight is 368 g/mol. The summed E-state index contributed by atoms with van der Waals surface area (Å²) in [4.78, 5) is 18.9. The molecule has 1 aromatic carbocycles. The molecule has 0 spiro atoms. The second-order valence-corrected chi connectivity index (χ2v) is 8.31. The largest absolute Gasteiger partial charge is 0.321 e. The highest BCUT2D eigenvalue weighted by atomic mass is 32.2. The zero-order chi connectivity index (χ0) is 17.9. The van der Waals surface area contributed by atoms with Crippen LogP contribution in [0.1, 0.15) is 27.0 Å². The Labute approximate surface area is 146 Å². The van der Waals surface area contributed by atoms with E-state index >= 15 is 0 Å². The number of hydrogen-bond acceptors (Lipinski definition) is 5. The number of sulfonamides is 1. The van der Waals surface area contributed by atoms with E-state index in [1.54, 1.807) is 12.1 Å². The summed E-state index contributed by atoms with van der Waals surface area (Å²) in [5.41, 5.74) is 1.69. The van der Waals surface area contributed by atoms with Crippen LogP contribution in [0.5, 0.6) is 0 Å². The predicted octanol–water partition coefficient (Wildman–Crippen LogP) is 3.05. The van der Waals surface area contributed by atoms with Gasteiger partial charge < -0.3 is 5.32 Å². The van der Waals surface area contributed by atoms with Gasteiger partial charge in [0, 0.05) is 17.6 Å². The minimum atomic E-state index is -3.69. The van der Waals surface area contributed by atoms with Crippen molar-refractivity contribution in [2.75, 3.05) is 19.5 Å².